The third kappa shape index (κ3) is 4.43. The van der Waals surface area contributed by atoms with Crippen molar-refractivity contribution >= 4 is 30.1 Å². The summed E-state index contributed by atoms with van der Waals surface area (Å²) in [7, 11) is 0. The first-order valence-corrected chi connectivity index (χ1v) is 9.06. The largest absolute Gasteiger partial charge is 0.330 e. The molecule has 26 heavy (non-hydrogen) atoms. The molecule has 0 radical (unpaired) electrons. The molecule has 1 saturated heterocycles. The van der Waals surface area contributed by atoms with Crippen LogP contribution in [0.25, 0.3) is 0 Å². The van der Waals surface area contributed by atoms with Crippen molar-refractivity contribution in [1.29, 1.82) is 0 Å². The number of aryl methyl sites for hydroxylation is 1. The van der Waals surface area contributed by atoms with Crippen LogP contribution in [0.4, 0.5) is 0 Å². The van der Waals surface area contributed by atoms with Crippen LogP contribution in [0.2, 0.25) is 0 Å². The molecule has 1 aromatic rings. The van der Waals surface area contributed by atoms with Gasteiger partial charge in [0.1, 0.15) is 6.04 Å². The first kappa shape index (κ1) is 20.4. The quantitative estimate of drug-likeness (QED) is 0.559. The first-order chi connectivity index (χ1) is 12.1. The van der Waals surface area contributed by atoms with Crippen LogP contribution in [0.1, 0.15) is 60.0 Å². The van der Waals surface area contributed by atoms with E-state index < -0.39 is 6.04 Å². The Kier molecular flexibility index (Phi) is 7.17. The van der Waals surface area contributed by atoms with Crippen molar-refractivity contribution < 1.29 is 14.4 Å². The summed E-state index contributed by atoms with van der Waals surface area (Å²) in [4.78, 5) is 37.6. The summed E-state index contributed by atoms with van der Waals surface area (Å²) in [6.07, 6.45) is 6.18. The van der Waals surface area contributed by atoms with Gasteiger partial charge in [-0.1, -0.05) is 25.0 Å². The summed E-state index contributed by atoms with van der Waals surface area (Å²) in [5, 5.41) is 2.33. The number of hydrogen-bond donors (Lipinski definition) is 2. The van der Waals surface area contributed by atoms with Crippen molar-refractivity contribution in [3.63, 3.8) is 0 Å². The van der Waals surface area contributed by atoms with Gasteiger partial charge in [-0.15, -0.1) is 12.4 Å². The fourth-order valence-corrected chi connectivity index (χ4v) is 3.61. The average Bonchev–Trinajstić information content (AvgIpc) is 2.91. The molecular formula is C19H26ClN3O3. The summed E-state index contributed by atoms with van der Waals surface area (Å²) in [5.74, 6) is -0.737. The second-order valence-corrected chi connectivity index (χ2v) is 6.84. The van der Waals surface area contributed by atoms with Gasteiger partial charge in [0.05, 0.1) is 0 Å². The first-order valence-electron chi connectivity index (χ1n) is 9.06. The monoisotopic (exact) mass is 379 g/mol. The van der Waals surface area contributed by atoms with Gasteiger partial charge >= 0.3 is 0 Å². The van der Waals surface area contributed by atoms with Crippen molar-refractivity contribution in [1.82, 2.24) is 10.2 Å². The molecule has 0 aliphatic carbocycles. The number of nitrogens with zero attached hydrogens (tertiary/aromatic N) is 1. The predicted octanol–water partition coefficient (Wildman–Crippen LogP) is 1.93. The number of halogens is 1. The van der Waals surface area contributed by atoms with Crippen molar-refractivity contribution in [2.75, 3.05) is 6.54 Å². The number of hydrogen-bond acceptors (Lipinski definition) is 4. The number of piperidine rings is 1. The van der Waals surface area contributed by atoms with Crippen LogP contribution in [0.15, 0.2) is 18.2 Å². The molecule has 1 unspecified atom stereocenters. The Morgan fingerprint density at radius 1 is 1.12 bits per heavy atom. The minimum atomic E-state index is -0.544. The highest BCUT2D eigenvalue weighted by Crippen LogP contribution is 2.28. The van der Waals surface area contributed by atoms with Crippen LogP contribution in [-0.4, -0.2) is 35.2 Å². The smallest absolute Gasteiger partial charge is 0.255 e. The van der Waals surface area contributed by atoms with Crippen molar-refractivity contribution in [2.24, 2.45) is 5.73 Å². The summed E-state index contributed by atoms with van der Waals surface area (Å²) in [5.41, 5.74) is 8.39. The minimum Gasteiger partial charge on any atom is -0.330 e. The number of unbranched alkanes of at least 4 members (excludes halogenated alkanes) is 3. The van der Waals surface area contributed by atoms with E-state index in [1.807, 2.05) is 12.1 Å². The lowest BCUT2D eigenvalue weighted by molar-refractivity contribution is -0.136. The number of benzene rings is 1. The molecule has 1 aromatic carbocycles. The van der Waals surface area contributed by atoms with E-state index >= 15 is 0 Å². The molecule has 142 valence electrons. The van der Waals surface area contributed by atoms with E-state index in [0.29, 0.717) is 18.5 Å². The average molecular weight is 380 g/mol. The number of nitrogens with one attached hydrogen (secondary N) is 1. The second-order valence-electron chi connectivity index (χ2n) is 6.84. The summed E-state index contributed by atoms with van der Waals surface area (Å²) in [6, 6.07) is 5.42. The van der Waals surface area contributed by atoms with Crippen LogP contribution < -0.4 is 11.1 Å². The summed E-state index contributed by atoms with van der Waals surface area (Å²) in [6.45, 7) is 1.19. The topological polar surface area (TPSA) is 92.5 Å². The normalized spacial score (nSPS) is 19.2. The third-order valence-corrected chi connectivity index (χ3v) is 5.01. The third-order valence-electron chi connectivity index (χ3n) is 5.01. The van der Waals surface area contributed by atoms with E-state index in [1.165, 1.54) is 5.56 Å². The number of carbonyl (C=O) groups excluding carboxylic acids is 3. The Labute approximate surface area is 159 Å². The van der Waals surface area contributed by atoms with Gasteiger partial charge < -0.3 is 10.6 Å². The molecule has 7 heteroatoms. The number of amides is 3. The highest BCUT2D eigenvalue weighted by Gasteiger charge is 2.38. The zero-order valence-corrected chi connectivity index (χ0v) is 15.6. The number of imide groups is 1. The lowest BCUT2D eigenvalue weighted by Crippen LogP contribution is -2.52. The molecule has 3 rings (SSSR count). The number of rotatable bonds is 7. The van der Waals surface area contributed by atoms with E-state index in [0.717, 1.165) is 44.2 Å². The van der Waals surface area contributed by atoms with Gasteiger partial charge in [-0.2, -0.15) is 0 Å². The van der Waals surface area contributed by atoms with E-state index in [2.05, 4.69) is 11.4 Å². The molecule has 2 aliphatic heterocycles. The lowest BCUT2D eigenvalue weighted by Gasteiger charge is -2.29. The van der Waals surface area contributed by atoms with Crippen LogP contribution in [-0.2, 0) is 22.6 Å². The van der Waals surface area contributed by atoms with E-state index in [1.54, 1.807) is 4.90 Å². The molecule has 6 nitrogen and oxygen atoms in total. The summed E-state index contributed by atoms with van der Waals surface area (Å²) < 4.78 is 0. The van der Waals surface area contributed by atoms with E-state index in [9.17, 15) is 14.4 Å². The number of nitrogens with two attached hydrogens (primary N) is 1. The molecule has 1 fully saturated rings. The van der Waals surface area contributed by atoms with Gasteiger partial charge in [0.2, 0.25) is 11.8 Å². The zero-order valence-electron chi connectivity index (χ0n) is 14.8. The maximum absolute atomic E-state index is 12.6. The fourth-order valence-electron chi connectivity index (χ4n) is 3.61. The molecule has 0 aromatic heterocycles. The zero-order chi connectivity index (χ0) is 17.8. The van der Waals surface area contributed by atoms with Crippen molar-refractivity contribution in [2.45, 2.75) is 57.5 Å². The number of fused-ring (bicyclic) bond motifs is 1. The minimum absolute atomic E-state index is 0. The highest BCUT2D eigenvalue weighted by atomic mass is 35.5. The number of carbonyl (C=O) groups is 3. The van der Waals surface area contributed by atoms with Crippen molar-refractivity contribution in [3.8, 4) is 0 Å². The van der Waals surface area contributed by atoms with Gasteiger partial charge in [-0.3, -0.25) is 19.7 Å². The maximum Gasteiger partial charge on any atom is 0.255 e. The molecule has 2 aliphatic rings. The molecule has 0 saturated carbocycles. The van der Waals surface area contributed by atoms with Crippen LogP contribution in [0.3, 0.4) is 0 Å². The Balaban J connectivity index is 0.00000243. The molecule has 2 heterocycles. The Bertz CT molecular complexity index is 693. The Hall–Kier alpha value is -1.92. The van der Waals surface area contributed by atoms with E-state index in [-0.39, 0.29) is 36.5 Å². The molecule has 3 N–H and O–H groups in total. The van der Waals surface area contributed by atoms with Gasteiger partial charge in [0.25, 0.3) is 5.91 Å². The van der Waals surface area contributed by atoms with Crippen LogP contribution >= 0.6 is 12.4 Å². The summed E-state index contributed by atoms with van der Waals surface area (Å²) >= 11 is 0. The highest BCUT2D eigenvalue weighted by molar-refractivity contribution is 6.05. The lowest BCUT2D eigenvalue weighted by atomic mass is 10.0. The Morgan fingerprint density at radius 2 is 1.88 bits per heavy atom. The van der Waals surface area contributed by atoms with Gasteiger partial charge in [-0.05, 0) is 49.4 Å². The van der Waals surface area contributed by atoms with Crippen LogP contribution in [0, 0.1) is 0 Å². The molecule has 0 spiro atoms. The molecular weight excluding hydrogens is 354 g/mol. The SMILES string of the molecule is Cl.NCCCCCCc1ccc2c(c1)CN(C1CCC(=O)NC1=O)C2=O. The molecule has 0 bridgehead atoms. The maximum atomic E-state index is 12.6. The van der Waals surface area contributed by atoms with Gasteiger partial charge in [-0.25, -0.2) is 0 Å². The van der Waals surface area contributed by atoms with Crippen LogP contribution in [0.5, 0.6) is 0 Å². The predicted molar refractivity (Wildman–Crippen MR) is 101 cm³/mol. The van der Waals surface area contributed by atoms with Gasteiger partial charge in [0, 0.05) is 18.5 Å². The second kappa shape index (κ2) is 9.14. The van der Waals surface area contributed by atoms with Gasteiger partial charge in [0.15, 0.2) is 0 Å². The fraction of sp³-hybridized carbons (Fsp3) is 0.526. The van der Waals surface area contributed by atoms with E-state index in [4.69, 9.17) is 5.73 Å². The molecule has 1 atom stereocenters. The van der Waals surface area contributed by atoms with Crippen molar-refractivity contribution in [3.05, 3.63) is 34.9 Å². The standard InChI is InChI=1S/C19H25N3O3.ClH/c20-10-4-2-1-3-5-13-6-7-15-14(11-13)12-22(19(15)25)16-8-9-17(23)21-18(16)24;/h6-7,11,16H,1-5,8-10,12,20H2,(H,21,23,24);1H. The molecule has 3 amide bonds. The Morgan fingerprint density at radius 3 is 2.62 bits per heavy atom.